The van der Waals surface area contributed by atoms with Crippen LogP contribution < -0.4 is 5.32 Å². The zero-order valence-electron chi connectivity index (χ0n) is 13.2. The molecule has 0 saturated carbocycles. The Bertz CT molecular complexity index is 513. The van der Waals surface area contributed by atoms with E-state index in [9.17, 15) is 9.18 Å². The number of carbonyl (C=O) groups is 1. The zero-order valence-corrected chi connectivity index (χ0v) is 14.0. The highest BCUT2D eigenvalue weighted by Crippen LogP contribution is 2.20. The van der Waals surface area contributed by atoms with Gasteiger partial charge in [-0.1, -0.05) is 25.4 Å². The Morgan fingerprint density at radius 2 is 2.05 bits per heavy atom. The summed E-state index contributed by atoms with van der Waals surface area (Å²) in [6.07, 6.45) is 2.16. The number of hydrogen-bond acceptors (Lipinski definition) is 2. The molecule has 1 amide bonds. The van der Waals surface area contributed by atoms with Gasteiger partial charge in [0.1, 0.15) is 5.82 Å². The first kappa shape index (κ1) is 17.2. The average Bonchev–Trinajstić information content (AvgIpc) is 2.45. The molecule has 0 spiro atoms. The second-order valence-electron chi connectivity index (χ2n) is 6.44. The lowest BCUT2D eigenvalue weighted by Crippen LogP contribution is -2.40. The number of carbonyl (C=O) groups excluding carboxylic acids is 1. The first-order valence-electron chi connectivity index (χ1n) is 7.91. The maximum absolute atomic E-state index is 13.6. The summed E-state index contributed by atoms with van der Waals surface area (Å²) in [6.45, 7) is 8.33. The summed E-state index contributed by atoms with van der Waals surface area (Å²) in [5, 5.41) is 3.13. The molecule has 2 unspecified atom stereocenters. The van der Waals surface area contributed by atoms with Crippen LogP contribution in [0.1, 0.15) is 37.0 Å². The van der Waals surface area contributed by atoms with Gasteiger partial charge >= 0.3 is 0 Å². The Morgan fingerprint density at radius 1 is 1.36 bits per heavy atom. The van der Waals surface area contributed by atoms with Crippen LogP contribution >= 0.6 is 11.6 Å². The van der Waals surface area contributed by atoms with Crippen LogP contribution in [0.5, 0.6) is 0 Å². The van der Waals surface area contributed by atoms with Crippen molar-refractivity contribution in [3.63, 3.8) is 0 Å². The van der Waals surface area contributed by atoms with Crippen molar-refractivity contribution < 1.29 is 9.18 Å². The van der Waals surface area contributed by atoms with Gasteiger partial charge in [0.25, 0.3) is 5.91 Å². The first-order valence-corrected chi connectivity index (χ1v) is 8.29. The molecule has 1 aliphatic rings. The average molecular weight is 327 g/mol. The van der Waals surface area contributed by atoms with E-state index in [-0.39, 0.29) is 5.56 Å². The van der Waals surface area contributed by atoms with Crippen LogP contribution in [0.4, 0.5) is 4.39 Å². The summed E-state index contributed by atoms with van der Waals surface area (Å²) in [4.78, 5) is 14.4. The summed E-state index contributed by atoms with van der Waals surface area (Å²) in [6, 6.07) is 4.01. The number of likely N-dealkylation sites (tertiary alicyclic amines) is 1. The molecule has 0 aliphatic carbocycles. The van der Waals surface area contributed by atoms with E-state index in [0.29, 0.717) is 11.6 Å². The monoisotopic (exact) mass is 326 g/mol. The third-order valence-corrected chi connectivity index (χ3v) is 4.29. The quantitative estimate of drug-likeness (QED) is 0.839. The fourth-order valence-electron chi connectivity index (χ4n) is 3.25. The van der Waals surface area contributed by atoms with Crippen LogP contribution in [0.25, 0.3) is 0 Å². The van der Waals surface area contributed by atoms with E-state index in [1.54, 1.807) is 0 Å². The van der Waals surface area contributed by atoms with Gasteiger partial charge in [0.15, 0.2) is 0 Å². The van der Waals surface area contributed by atoms with Crippen LogP contribution in [-0.2, 0) is 0 Å². The van der Waals surface area contributed by atoms with Crippen molar-refractivity contribution in [2.75, 3.05) is 26.2 Å². The number of rotatable bonds is 5. The van der Waals surface area contributed by atoms with Gasteiger partial charge in [0.05, 0.1) is 5.56 Å². The molecule has 0 bridgehead atoms. The Kier molecular flexibility index (Phi) is 6.21. The minimum absolute atomic E-state index is 0.00715. The van der Waals surface area contributed by atoms with E-state index < -0.39 is 11.7 Å². The minimum Gasteiger partial charge on any atom is -0.352 e. The highest BCUT2D eigenvalue weighted by molar-refractivity contribution is 6.30. The van der Waals surface area contributed by atoms with Crippen LogP contribution in [0.2, 0.25) is 5.02 Å². The van der Waals surface area contributed by atoms with Crippen LogP contribution in [0, 0.1) is 17.7 Å². The second kappa shape index (κ2) is 7.93. The Balaban J connectivity index is 1.74. The van der Waals surface area contributed by atoms with Crippen molar-refractivity contribution >= 4 is 17.5 Å². The Morgan fingerprint density at radius 3 is 2.73 bits per heavy atom. The Labute approximate surface area is 136 Å². The van der Waals surface area contributed by atoms with Gasteiger partial charge < -0.3 is 10.2 Å². The molecule has 1 aromatic carbocycles. The van der Waals surface area contributed by atoms with Crippen molar-refractivity contribution in [3.8, 4) is 0 Å². The summed E-state index contributed by atoms with van der Waals surface area (Å²) in [5.41, 5.74) is 0.00715. The minimum atomic E-state index is -0.541. The molecular formula is C17H24ClFN2O. The predicted molar refractivity (Wildman–Crippen MR) is 87.7 cm³/mol. The van der Waals surface area contributed by atoms with Crippen molar-refractivity contribution in [2.24, 2.45) is 11.8 Å². The van der Waals surface area contributed by atoms with Gasteiger partial charge in [0.2, 0.25) is 0 Å². The maximum atomic E-state index is 13.6. The first-order chi connectivity index (χ1) is 10.5. The molecule has 1 fully saturated rings. The molecule has 122 valence electrons. The standard InChI is InChI=1S/C17H24ClFN2O/c1-12-8-13(2)11-21(10-12)7-3-6-20-17(22)15-9-14(18)4-5-16(15)19/h4-5,9,12-13H,3,6-8,10-11H2,1-2H3,(H,20,22). The normalized spacial score (nSPS) is 22.5. The number of amides is 1. The van der Waals surface area contributed by atoms with Crippen LogP contribution in [-0.4, -0.2) is 37.0 Å². The Hall–Kier alpha value is -1.13. The summed E-state index contributed by atoms with van der Waals surface area (Å²) in [5.74, 6) is 0.527. The third kappa shape index (κ3) is 4.96. The molecule has 3 nitrogen and oxygen atoms in total. The summed E-state index contributed by atoms with van der Waals surface area (Å²) >= 11 is 5.80. The number of nitrogens with zero attached hydrogens (tertiary/aromatic N) is 1. The fraction of sp³-hybridized carbons (Fsp3) is 0.588. The highest BCUT2D eigenvalue weighted by Gasteiger charge is 2.21. The number of benzene rings is 1. The van der Waals surface area contributed by atoms with Crippen molar-refractivity contribution in [1.29, 1.82) is 0 Å². The molecular weight excluding hydrogens is 303 g/mol. The maximum Gasteiger partial charge on any atom is 0.254 e. The highest BCUT2D eigenvalue weighted by atomic mass is 35.5. The number of hydrogen-bond donors (Lipinski definition) is 1. The molecule has 1 heterocycles. The van der Waals surface area contributed by atoms with Gasteiger partial charge in [-0.05, 0) is 49.4 Å². The van der Waals surface area contributed by atoms with Gasteiger partial charge in [-0.2, -0.15) is 0 Å². The van der Waals surface area contributed by atoms with Crippen LogP contribution in [0.3, 0.4) is 0 Å². The molecule has 0 radical (unpaired) electrons. The number of piperidine rings is 1. The molecule has 2 atom stereocenters. The zero-order chi connectivity index (χ0) is 16.1. The molecule has 22 heavy (non-hydrogen) atoms. The molecule has 2 rings (SSSR count). The summed E-state index contributed by atoms with van der Waals surface area (Å²) in [7, 11) is 0. The molecule has 1 aromatic rings. The largest absolute Gasteiger partial charge is 0.352 e. The van der Waals surface area contributed by atoms with Crippen molar-refractivity contribution in [3.05, 3.63) is 34.6 Å². The number of nitrogens with one attached hydrogen (secondary N) is 1. The fourth-order valence-corrected chi connectivity index (χ4v) is 3.42. The molecule has 1 saturated heterocycles. The topological polar surface area (TPSA) is 32.3 Å². The van der Waals surface area contributed by atoms with Gasteiger partial charge in [-0.25, -0.2) is 4.39 Å². The van der Waals surface area contributed by atoms with Gasteiger partial charge in [0, 0.05) is 24.7 Å². The lowest BCUT2D eigenvalue weighted by Gasteiger charge is -2.34. The molecule has 0 aromatic heterocycles. The van der Waals surface area contributed by atoms with Gasteiger partial charge in [-0.3, -0.25) is 4.79 Å². The van der Waals surface area contributed by atoms with Crippen LogP contribution in [0.15, 0.2) is 18.2 Å². The van der Waals surface area contributed by atoms with E-state index in [2.05, 4.69) is 24.1 Å². The van der Waals surface area contributed by atoms with Gasteiger partial charge in [-0.15, -0.1) is 0 Å². The number of halogens is 2. The lowest BCUT2D eigenvalue weighted by atomic mass is 9.92. The smallest absolute Gasteiger partial charge is 0.254 e. The summed E-state index contributed by atoms with van der Waals surface area (Å²) < 4.78 is 13.6. The SMILES string of the molecule is CC1CC(C)CN(CCCNC(=O)c2cc(Cl)ccc2F)C1. The third-order valence-electron chi connectivity index (χ3n) is 4.05. The molecule has 1 aliphatic heterocycles. The predicted octanol–water partition coefficient (Wildman–Crippen LogP) is 3.58. The van der Waals surface area contributed by atoms with Crippen molar-refractivity contribution in [1.82, 2.24) is 10.2 Å². The van der Waals surface area contributed by atoms with Crippen molar-refractivity contribution in [2.45, 2.75) is 26.7 Å². The van der Waals surface area contributed by atoms with E-state index in [1.165, 1.54) is 24.6 Å². The van der Waals surface area contributed by atoms with E-state index >= 15 is 0 Å². The van der Waals surface area contributed by atoms with E-state index in [0.717, 1.165) is 37.9 Å². The molecule has 5 heteroatoms. The lowest BCUT2D eigenvalue weighted by molar-refractivity contribution is 0.0943. The van der Waals surface area contributed by atoms with E-state index in [1.807, 2.05) is 0 Å². The molecule has 1 N–H and O–H groups in total. The van der Waals surface area contributed by atoms with E-state index in [4.69, 9.17) is 11.6 Å². The second-order valence-corrected chi connectivity index (χ2v) is 6.88.